The molecule has 0 spiro atoms. The van der Waals surface area contributed by atoms with E-state index in [1.807, 2.05) is 0 Å². The van der Waals surface area contributed by atoms with Crippen molar-refractivity contribution in [1.29, 1.82) is 0 Å². The van der Waals surface area contributed by atoms with Crippen LogP contribution in [0.5, 0.6) is 0 Å². The molecule has 2 fully saturated rings. The molecule has 1 amide bonds. The first-order chi connectivity index (χ1) is 12.2. The number of aryl methyl sites for hydroxylation is 1. The molecular weight excluding hydrogens is 312 g/mol. The van der Waals surface area contributed by atoms with Crippen molar-refractivity contribution in [3.63, 3.8) is 0 Å². The lowest BCUT2D eigenvalue weighted by Gasteiger charge is -2.38. The second-order valence-corrected chi connectivity index (χ2v) is 8.06. The summed E-state index contributed by atoms with van der Waals surface area (Å²) >= 11 is 0. The van der Waals surface area contributed by atoms with E-state index in [-0.39, 0.29) is 11.4 Å². The van der Waals surface area contributed by atoms with E-state index in [9.17, 15) is 4.79 Å². The first-order valence-electron chi connectivity index (χ1n) is 9.93. The molecule has 3 aliphatic rings. The minimum Gasteiger partial charge on any atom is -0.379 e. The Kier molecular flexibility index (Phi) is 5.09. The third-order valence-corrected chi connectivity index (χ3v) is 6.28. The molecule has 1 unspecified atom stereocenters. The summed E-state index contributed by atoms with van der Waals surface area (Å²) in [7, 11) is 0. The van der Waals surface area contributed by atoms with Gasteiger partial charge in [-0.2, -0.15) is 0 Å². The maximum absolute atomic E-state index is 12.9. The molecule has 0 bridgehead atoms. The lowest BCUT2D eigenvalue weighted by atomic mass is 9.93. The van der Waals surface area contributed by atoms with Gasteiger partial charge in [0.1, 0.15) is 0 Å². The molecule has 0 aromatic heterocycles. The largest absolute Gasteiger partial charge is 0.379 e. The van der Waals surface area contributed by atoms with Crippen LogP contribution in [0.4, 0.5) is 0 Å². The van der Waals surface area contributed by atoms with Crippen LogP contribution in [0.1, 0.15) is 55.6 Å². The highest BCUT2D eigenvalue weighted by Crippen LogP contribution is 2.36. The Labute approximate surface area is 150 Å². The van der Waals surface area contributed by atoms with Crippen molar-refractivity contribution < 1.29 is 9.53 Å². The van der Waals surface area contributed by atoms with E-state index in [4.69, 9.17) is 4.74 Å². The summed E-state index contributed by atoms with van der Waals surface area (Å²) in [5.74, 6) is 0.648. The van der Waals surface area contributed by atoms with Gasteiger partial charge in [0, 0.05) is 26.1 Å². The van der Waals surface area contributed by atoms with E-state index in [1.54, 1.807) is 0 Å². The first kappa shape index (κ1) is 17.0. The van der Waals surface area contributed by atoms with Crippen molar-refractivity contribution in [2.24, 2.45) is 0 Å². The first-order valence-corrected chi connectivity index (χ1v) is 9.93. The van der Waals surface area contributed by atoms with Crippen molar-refractivity contribution in [1.82, 2.24) is 10.2 Å². The molecule has 1 aliphatic heterocycles. The average molecular weight is 342 g/mol. The van der Waals surface area contributed by atoms with Crippen LogP contribution in [0.2, 0.25) is 0 Å². The van der Waals surface area contributed by atoms with Crippen LogP contribution in [0.3, 0.4) is 0 Å². The number of nitrogens with zero attached hydrogens (tertiary/aromatic N) is 1. The summed E-state index contributed by atoms with van der Waals surface area (Å²) in [5.41, 5.74) is 2.82. The van der Waals surface area contributed by atoms with Crippen LogP contribution < -0.4 is 5.32 Å². The fraction of sp³-hybridized carbons (Fsp3) is 0.667. The number of morpholine rings is 1. The van der Waals surface area contributed by atoms with Crippen molar-refractivity contribution in [2.45, 2.75) is 56.4 Å². The van der Waals surface area contributed by atoms with Gasteiger partial charge in [0.05, 0.1) is 18.8 Å². The van der Waals surface area contributed by atoms with Crippen molar-refractivity contribution >= 4 is 5.91 Å². The Morgan fingerprint density at radius 1 is 1.20 bits per heavy atom. The van der Waals surface area contributed by atoms with E-state index in [0.717, 1.165) is 58.5 Å². The Morgan fingerprint density at radius 3 is 2.76 bits per heavy atom. The molecule has 0 radical (unpaired) electrons. The zero-order valence-electron chi connectivity index (χ0n) is 15.1. The zero-order valence-corrected chi connectivity index (χ0v) is 15.1. The summed E-state index contributed by atoms with van der Waals surface area (Å²) in [6.45, 7) is 4.62. The van der Waals surface area contributed by atoms with Gasteiger partial charge in [-0.3, -0.25) is 9.69 Å². The van der Waals surface area contributed by atoms with E-state index in [0.29, 0.717) is 12.3 Å². The molecule has 1 saturated heterocycles. The zero-order chi connectivity index (χ0) is 17.1. The normalized spacial score (nSPS) is 25.7. The number of benzene rings is 1. The SMILES string of the molecule is O=C(CC1CCc2ccccc21)NC1(CN2CCOCC2)CCCC1. The number of nitrogens with one attached hydrogen (secondary N) is 1. The molecule has 2 aliphatic carbocycles. The molecular formula is C21H30N2O2. The van der Waals surface area contributed by atoms with Gasteiger partial charge in [-0.1, -0.05) is 37.1 Å². The molecule has 1 saturated carbocycles. The minimum atomic E-state index is -0.00740. The highest BCUT2D eigenvalue weighted by molar-refractivity contribution is 5.78. The van der Waals surface area contributed by atoms with Gasteiger partial charge >= 0.3 is 0 Å². The third kappa shape index (κ3) is 3.90. The maximum Gasteiger partial charge on any atom is 0.221 e. The summed E-state index contributed by atoms with van der Waals surface area (Å²) < 4.78 is 5.47. The third-order valence-electron chi connectivity index (χ3n) is 6.28. The van der Waals surface area contributed by atoms with Gasteiger partial charge in [-0.15, -0.1) is 0 Å². The molecule has 136 valence electrons. The van der Waals surface area contributed by atoms with Crippen LogP contribution in [0.25, 0.3) is 0 Å². The molecule has 4 heteroatoms. The Hall–Kier alpha value is -1.39. The smallest absolute Gasteiger partial charge is 0.221 e. The van der Waals surface area contributed by atoms with E-state index in [2.05, 4.69) is 34.5 Å². The molecule has 25 heavy (non-hydrogen) atoms. The van der Waals surface area contributed by atoms with Crippen molar-refractivity contribution in [3.8, 4) is 0 Å². The van der Waals surface area contributed by atoms with Crippen LogP contribution >= 0.6 is 0 Å². The highest BCUT2D eigenvalue weighted by atomic mass is 16.5. The van der Waals surface area contributed by atoms with Crippen LogP contribution in [-0.2, 0) is 16.0 Å². The second kappa shape index (κ2) is 7.46. The van der Waals surface area contributed by atoms with Crippen LogP contribution in [-0.4, -0.2) is 49.2 Å². The second-order valence-electron chi connectivity index (χ2n) is 8.06. The van der Waals surface area contributed by atoms with Crippen LogP contribution in [0.15, 0.2) is 24.3 Å². The average Bonchev–Trinajstić information content (AvgIpc) is 3.24. The molecule has 4 nitrogen and oxygen atoms in total. The van der Waals surface area contributed by atoms with E-state index in [1.165, 1.54) is 24.0 Å². The number of hydrogen-bond donors (Lipinski definition) is 1. The topological polar surface area (TPSA) is 41.6 Å². The van der Waals surface area contributed by atoms with E-state index >= 15 is 0 Å². The van der Waals surface area contributed by atoms with Gasteiger partial charge in [-0.05, 0) is 42.7 Å². The van der Waals surface area contributed by atoms with Crippen molar-refractivity contribution in [2.75, 3.05) is 32.8 Å². The Morgan fingerprint density at radius 2 is 1.96 bits per heavy atom. The highest BCUT2D eigenvalue weighted by Gasteiger charge is 2.38. The molecule has 1 aromatic carbocycles. The molecule has 1 N–H and O–H groups in total. The van der Waals surface area contributed by atoms with E-state index < -0.39 is 0 Å². The molecule has 1 aromatic rings. The fourth-order valence-corrected chi connectivity index (χ4v) is 4.99. The number of rotatable bonds is 5. The molecule has 1 heterocycles. The predicted molar refractivity (Wildman–Crippen MR) is 98.7 cm³/mol. The Bertz CT molecular complexity index is 604. The molecule has 1 atom stereocenters. The summed E-state index contributed by atoms with van der Waals surface area (Å²) in [4.78, 5) is 15.3. The number of carbonyl (C=O) groups is 1. The number of amides is 1. The summed E-state index contributed by atoms with van der Waals surface area (Å²) in [5, 5.41) is 3.48. The van der Waals surface area contributed by atoms with Gasteiger partial charge in [0.15, 0.2) is 0 Å². The summed E-state index contributed by atoms with van der Waals surface area (Å²) in [6.07, 6.45) is 7.58. The maximum atomic E-state index is 12.9. The minimum absolute atomic E-state index is 0.00740. The van der Waals surface area contributed by atoms with Crippen LogP contribution in [0, 0.1) is 0 Å². The number of fused-ring (bicyclic) bond motifs is 1. The quantitative estimate of drug-likeness (QED) is 0.895. The lowest BCUT2D eigenvalue weighted by Crippen LogP contribution is -2.55. The van der Waals surface area contributed by atoms with Gasteiger partial charge < -0.3 is 10.1 Å². The lowest BCUT2D eigenvalue weighted by molar-refractivity contribution is -0.123. The predicted octanol–water partition coefficient (Wildman–Crippen LogP) is 2.87. The number of ether oxygens (including phenoxy) is 1. The Balaban J connectivity index is 1.38. The summed E-state index contributed by atoms with van der Waals surface area (Å²) in [6, 6.07) is 8.63. The van der Waals surface area contributed by atoms with Crippen molar-refractivity contribution in [3.05, 3.63) is 35.4 Å². The van der Waals surface area contributed by atoms with Gasteiger partial charge in [0.25, 0.3) is 0 Å². The number of carbonyl (C=O) groups excluding carboxylic acids is 1. The van der Waals surface area contributed by atoms with Gasteiger partial charge in [0.2, 0.25) is 5.91 Å². The molecule has 4 rings (SSSR count). The fourth-order valence-electron chi connectivity index (χ4n) is 4.99. The monoisotopic (exact) mass is 342 g/mol. The number of hydrogen-bond acceptors (Lipinski definition) is 3. The van der Waals surface area contributed by atoms with Gasteiger partial charge in [-0.25, -0.2) is 0 Å². The standard InChI is InChI=1S/C21H30N2O2/c24-20(15-18-8-7-17-5-1-2-6-19(17)18)22-21(9-3-4-10-21)16-23-11-13-25-14-12-23/h1-2,5-6,18H,3-4,7-16H2,(H,22,24).